The van der Waals surface area contributed by atoms with E-state index in [-0.39, 0.29) is 0 Å². The third kappa shape index (κ3) is 1.58. The molecule has 5 rings (SSSR count). The van der Waals surface area contributed by atoms with Gasteiger partial charge in [-0.1, -0.05) is 72.8 Å². The fourth-order valence-electron chi connectivity index (χ4n) is 3.52. The van der Waals surface area contributed by atoms with Crippen molar-refractivity contribution in [1.82, 2.24) is 0 Å². The number of rotatable bonds is 0. The highest BCUT2D eigenvalue weighted by Gasteiger charge is 2.08. The molecular weight excluding hydrogens is 264 g/mol. The van der Waals surface area contributed by atoms with E-state index in [9.17, 15) is 0 Å². The second-order valence-electron chi connectivity index (χ2n) is 5.87. The van der Waals surface area contributed by atoms with Gasteiger partial charge in [-0.25, -0.2) is 0 Å². The molecule has 0 aromatic heterocycles. The smallest absolute Gasteiger partial charge is 0.00988 e. The van der Waals surface area contributed by atoms with Gasteiger partial charge in [-0.15, -0.1) is 0 Å². The minimum Gasteiger partial charge on any atom is -0.0616 e. The molecule has 0 amide bonds. The Morgan fingerprint density at radius 2 is 1.18 bits per heavy atom. The quantitative estimate of drug-likeness (QED) is 0.294. The van der Waals surface area contributed by atoms with Crippen molar-refractivity contribution in [2.75, 3.05) is 0 Å². The average Bonchev–Trinajstić information content (AvgIpc) is 2.94. The van der Waals surface area contributed by atoms with Crippen molar-refractivity contribution >= 4 is 32.3 Å². The van der Waals surface area contributed by atoms with Gasteiger partial charge >= 0.3 is 0 Å². The molecule has 0 aliphatic heterocycles. The molecule has 102 valence electrons. The molecule has 0 heterocycles. The van der Waals surface area contributed by atoms with Crippen LogP contribution in [-0.2, 0) is 0 Å². The molecule has 0 saturated heterocycles. The molecule has 0 N–H and O–H groups in total. The predicted octanol–water partition coefficient (Wildman–Crippen LogP) is 6.25. The van der Waals surface area contributed by atoms with Crippen LogP contribution in [0.4, 0.5) is 0 Å². The zero-order chi connectivity index (χ0) is 14.5. The Kier molecular flexibility index (Phi) is 2.31. The summed E-state index contributed by atoms with van der Waals surface area (Å²) in [4.78, 5) is 0. The van der Waals surface area contributed by atoms with E-state index in [1.54, 1.807) is 0 Å². The van der Waals surface area contributed by atoms with Crippen LogP contribution in [0.1, 0.15) is 0 Å². The zero-order valence-electron chi connectivity index (χ0n) is 12.1. The van der Waals surface area contributed by atoms with Crippen LogP contribution in [0.3, 0.4) is 0 Å². The molecule has 0 nitrogen and oxygen atoms in total. The Hall–Kier alpha value is -2.86. The molecule has 0 fully saturated rings. The molecule has 0 radical (unpaired) electrons. The number of fused-ring (bicyclic) bond motifs is 6. The number of benzene rings is 3. The fourth-order valence-corrected chi connectivity index (χ4v) is 3.52. The van der Waals surface area contributed by atoms with Crippen LogP contribution in [0.25, 0.3) is 43.4 Å². The van der Waals surface area contributed by atoms with Gasteiger partial charge in [0, 0.05) is 0 Å². The molecule has 2 aliphatic rings. The first-order valence-corrected chi connectivity index (χ1v) is 7.63. The van der Waals surface area contributed by atoms with Gasteiger partial charge in [0.2, 0.25) is 0 Å². The maximum absolute atomic E-state index is 2.32. The summed E-state index contributed by atoms with van der Waals surface area (Å²) in [7, 11) is 0. The number of hydrogen-bond acceptors (Lipinski definition) is 0. The Labute approximate surface area is 129 Å². The molecule has 22 heavy (non-hydrogen) atoms. The van der Waals surface area contributed by atoms with Gasteiger partial charge in [-0.3, -0.25) is 0 Å². The molecule has 0 spiro atoms. The van der Waals surface area contributed by atoms with Gasteiger partial charge in [-0.2, -0.15) is 0 Å². The summed E-state index contributed by atoms with van der Waals surface area (Å²) in [6.07, 6.45) is 0. The van der Waals surface area contributed by atoms with E-state index in [0.29, 0.717) is 0 Å². The Balaban J connectivity index is 2.03. The third-order valence-electron chi connectivity index (χ3n) is 4.61. The van der Waals surface area contributed by atoms with Gasteiger partial charge < -0.3 is 0 Å². The summed E-state index contributed by atoms with van der Waals surface area (Å²) in [6.45, 7) is 0. The Bertz CT molecular complexity index is 1120. The molecule has 2 aliphatic carbocycles. The van der Waals surface area contributed by atoms with Crippen molar-refractivity contribution in [1.29, 1.82) is 0 Å². The molecule has 0 bridgehead atoms. The van der Waals surface area contributed by atoms with Crippen molar-refractivity contribution in [3.63, 3.8) is 0 Å². The zero-order valence-corrected chi connectivity index (χ0v) is 12.1. The molecule has 0 atom stereocenters. The predicted molar refractivity (Wildman–Crippen MR) is 95.6 cm³/mol. The lowest BCUT2D eigenvalue weighted by Gasteiger charge is -2.06. The monoisotopic (exact) mass is 278 g/mol. The summed E-state index contributed by atoms with van der Waals surface area (Å²) in [5.41, 5.74) is 2.63. The summed E-state index contributed by atoms with van der Waals surface area (Å²) in [5, 5.41) is 7.88. The first kappa shape index (κ1) is 11.8. The van der Waals surface area contributed by atoms with Crippen molar-refractivity contribution in [3.05, 3.63) is 84.9 Å². The van der Waals surface area contributed by atoms with Crippen LogP contribution >= 0.6 is 0 Å². The minimum atomic E-state index is 1.30. The van der Waals surface area contributed by atoms with Gasteiger partial charge in [0.25, 0.3) is 0 Å². The normalized spacial score (nSPS) is 11.6. The van der Waals surface area contributed by atoms with Crippen molar-refractivity contribution in [2.24, 2.45) is 0 Å². The van der Waals surface area contributed by atoms with E-state index >= 15 is 0 Å². The van der Waals surface area contributed by atoms with Crippen LogP contribution in [0, 0.1) is 0 Å². The second-order valence-corrected chi connectivity index (χ2v) is 5.87. The Morgan fingerprint density at radius 3 is 2.05 bits per heavy atom. The molecule has 0 unspecified atom stereocenters. The second kappa shape index (κ2) is 4.32. The van der Waals surface area contributed by atoms with Crippen molar-refractivity contribution in [3.8, 4) is 11.1 Å². The average molecular weight is 278 g/mol. The van der Waals surface area contributed by atoms with E-state index in [0.717, 1.165) is 0 Å². The number of hydrogen-bond donors (Lipinski definition) is 0. The van der Waals surface area contributed by atoms with Gasteiger partial charge in [0.15, 0.2) is 0 Å². The highest BCUT2D eigenvalue weighted by molar-refractivity contribution is 6.15. The first-order chi connectivity index (χ1) is 10.9. The molecule has 0 saturated carbocycles. The van der Waals surface area contributed by atoms with E-state index in [1.807, 2.05) is 0 Å². The lowest BCUT2D eigenvalue weighted by molar-refractivity contribution is 1.79. The largest absolute Gasteiger partial charge is 0.0616 e. The molecule has 0 heteroatoms. The van der Waals surface area contributed by atoms with Crippen molar-refractivity contribution in [2.45, 2.75) is 0 Å². The minimum absolute atomic E-state index is 1.30. The lowest BCUT2D eigenvalue weighted by atomic mass is 9.97. The van der Waals surface area contributed by atoms with Crippen LogP contribution < -0.4 is 0 Å². The van der Waals surface area contributed by atoms with E-state index < -0.39 is 0 Å². The van der Waals surface area contributed by atoms with Crippen LogP contribution in [0.15, 0.2) is 84.9 Å². The van der Waals surface area contributed by atoms with Gasteiger partial charge in [-0.05, 0) is 55.6 Å². The van der Waals surface area contributed by atoms with Crippen LogP contribution in [0.5, 0.6) is 0 Å². The lowest BCUT2D eigenvalue weighted by Crippen LogP contribution is -1.79. The first-order valence-electron chi connectivity index (χ1n) is 7.63. The summed E-state index contributed by atoms with van der Waals surface area (Å²) in [5.74, 6) is 0. The van der Waals surface area contributed by atoms with Crippen LogP contribution in [-0.4, -0.2) is 0 Å². The van der Waals surface area contributed by atoms with E-state index in [1.165, 1.54) is 43.4 Å². The van der Waals surface area contributed by atoms with Gasteiger partial charge in [0.05, 0.1) is 0 Å². The van der Waals surface area contributed by atoms with Crippen LogP contribution in [0.2, 0.25) is 0 Å². The SMILES string of the molecule is c1cc2cccc3c(ccc4cc5ccccc5cc43)c-2c1. The summed E-state index contributed by atoms with van der Waals surface area (Å²) >= 11 is 0. The summed E-state index contributed by atoms with van der Waals surface area (Å²) < 4.78 is 0. The molecule has 3 aromatic carbocycles. The Morgan fingerprint density at radius 1 is 0.409 bits per heavy atom. The standard InChI is InChI=1S/C22H14/c1-2-6-17-14-22-18(13-16(17)5-1)11-12-21-19-9-3-7-15(19)8-4-10-20(21)22/h1-14H. The van der Waals surface area contributed by atoms with E-state index in [4.69, 9.17) is 0 Å². The molecular formula is C22H14. The maximum atomic E-state index is 2.32. The van der Waals surface area contributed by atoms with Crippen molar-refractivity contribution < 1.29 is 0 Å². The topological polar surface area (TPSA) is 0 Å². The van der Waals surface area contributed by atoms with Gasteiger partial charge in [0.1, 0.15) is 0 Å². The maximum Gasteiger partial charge on any atom is -0.00988 e. The molecule has 3 aromatic rings. The fraction of sp³-hybridized carbons (Fsp3) is 0. The third-order valence-corrected chi connectivity index (χ3v) is 4.61. The summed E-state index contributed by atoms with van der Waals surface area (Å²) in [6, 6.07) is 30.8. The highest BCUT2D eigenvalue weighted by Crippen LogP contribution is 2.35. The highest BCUT2D eigenvalue weighted by atomic mass is 14.1. The van der Waals surface area contributed by atoms with E-state index in [2.05, 4.69) is 84.9 Å².